The van der Waals surface area contributed by atoms with E-state index in [4.69, 9.17) is 11.6 Å². The minimum Gasteiger partial charge on any atom is -0.296 e. The molecule has 0 saturated heterocycles. The van der Waals surface area contributed by atoms with Crippen molar-refractivity contribution in [2.24, 2.45) is 0 Å². The third kappa shape index (κ3) is 4.37. The van der Waals surface area contributed by atoms with Crippen molar-refractivity contribution in [1.82, 2.24) is 4.90 Å². The summed E-state index contributed by atoms with van der Waals surface area (Å²) in [6.07, 6.45) is 2.06. The first kappa shape index (κ1) is 9.95. The molecule has 0 aliphatic heterocycles. The van der Waals surface area contributed by atoms with Crippen LogP contribution < -0.4 is 0 Å². The van der Waals surface area contributed by atoms with E-state index in [1.54, 1.807) is 21.6 Å². The molecule has 1 unspecified atom stereocenters. The molecule has 56 valence electrons. The highest BCUT2D eigenvalue weighted by Crippen LogP contribution is 2.25. The third-order valence-corrected chi connectivity index (χ3v) is 3.64. The number of halogens is 1. The van der Waals surface area contributed by atoms with Gasteiger partial charge in [-0.15, -0.1) is 11.6 Å². The van der Waals surface area contributed by atoms with E-state index in [1.807, 2.05) is 14.1 Å². The molecule has 0 aliphatic rings. The second kappa shape index (κ2) is 5.71. The first-order valence-corrected chi connectivity index (χ1v) is 5.79. The predicted molar refractivity (Wildman–Crippen MR) is 49.3 cm³/mol. The van der Waals surface area contributed by atoms with Crippen LogP contribution in [0, 0.1) is 0 Å². The molecule has 1 nitrogen and oxygen atoms in total. The van der Waals surface area contributed by atoms with Crippen LogP contribution in [0.15, 0.2) is 0 Å². The van der Waals surface area contributed by atoms with E-state index >= 15 is 0 Å². The molecule has 4 heteroatoms. The molecule has 0 aromatic rings. The number of hydrogen-bond donors (Lipinski definition) is 0. The van der Waals surface area contributed by atoms with Crippen molar-refractivity contribution >= 4 is 33.2 Å². The number of alkyl halides is 1. The molecule has 0 aliphatic carbocycles. The van der Waals surface area contributed by atoms with E-state index in [2.05, 4.69) is 11.2 Å². The van der Waals surface area contributed by atoms with Gasteiger partial charge in [0.2, 0.25) is 0 Å². The van der Waals surface area contributed by atoms with Gasteiger partial charge in [0.25, 0.3) is 0 Å². The predicted octanol–water partition coefficient (Wildman–Crippen LogP) is 2.12. The van der Waals surface area contributed by atoms with Crippen molar-refractivity contribution in [3.63, 3.8) is 0 Å². The lowest BCUT2D eigenvalue weighted by molar-refractivity contribution is 0.407. The summed E-state index contributed by atoms with van der Waals surface area (Å²) in [4.78, 5) is 2.12. The minimum absolute atomic E-state index is 0.446. The summed E-state index contributed by atoms with van der Waals surface area (Å²) in [5.74, 6) is 0.693. The summed E-state index contributed by atoms with van der Waals surface area (Å²) in [5, 5.41) is 0.446. The van der Waals surface area contributed by atoms with Crippen LogP contribution >= 0.6 is 33.2 Å². The second-order valence-corrected chi connectivity index (χ2v) is 4.79. The van der Waals surface area contributed by atoms with Crippen LogP contribution in [-0.4, -0.2) is 36.5 Å². The Kier molecular flexibility index (Phi) is 6.32. The van der Waals surface area contributed by atoms with Crippen LogP contribution in [0.3, 0.4) is 0 Å². The van der Waals surface area contributed by atoms with Gasteiger partial charge in [0, 0.05) is 5.88 Å². The van der Waals surface area contributed by atoms with Gasteiger partial charge in [-0.2, -0.15) is 0 Å². The van der Waals surface area contributed by atoms with Gasteiger partial charge in [-0.05, 0) is 20.4 Å². The van der Waals surface area contributed by atoms with Crippen LogP contribution in [0.1, 0.15) is 0 Å². The molecular formula is C5H12ClNS2. The van der Waals surface area contributed by atoms with E-state index in [0.29, 0.717) is 11.3 Å². The average Bonchev–Trinajstić information content (AvgIpc) is 1.82. The molecule has 0 saturated carbocycles. The van der Waals surface area contributed by atoms with Crippen LogP contribution in [-0.2, 0) is 0 Å². The monoisotopic (exact) mass is 185 g/mol. The quantitative estimate of drug-likeness (QED) is 0.376. The molecule has 0 amide bonds. The van der Waals surface area contributed by atoms with E-state index in [0.717, 1.165) is 0 Å². The Bertz CT molecular complexity index is 70.0. The Hall–Kier alpha value is 0.950. The maximum absolute atomic E-state index is 5.67. The molecule has 9 heavy (non-hydrogen) atoms. The molecule has 0 rings (SSSR count). The summed E-state index contributed by atoms with van der Waals surface area (Å²) >= 11 is 5.67. The van der Waals surface area contributed by atoms with Gasteiger partial charge in [0.05, 0.1) is 5.37 Å². The number of hydrogen-bond acceptors (Lipinski definition) is 3. The van der Waals surface area contributed by atoms with Crippen molar-refractivity contribution in [1.29, 1.82) is 0 Å². The first-order valence-electron chi connectivity index (χ1n) is 2.64. The highest BCUT2D eigenvalue weighted by Gasteiger charge is 2.08. The maximum Gasteiger partial charge on any atom is 0.0793 e. The Balaban J connectivity index is 3.41. The van der Waals surface area contributed by atoms with Crippen molar-refractivity contribution < 1.29 is 0 Å². The zero-order valence-electron chi connectivity index (χ0n) is 5.93. The fourth-order valence-electron chi connectivity index (χ4n) is 0.361. The first-order chi connectivity index (χ1) is 4.22. The molecule has 0 N–H and O–H groups in total. The van der Waals surface area contributed by atoms with E-state index in [1.165, 1.54) is 0 Å². The summed E-state index contributed by atoms with van der Waals surface area (Å²) in [7, 11) is 7.62. The van der Waals surface area contributed by atoms with E-state index in [9.17, 15) is 0 Å². The van der Waals surface area contributed by atoms with Gasteiger partial charge in [-0.25, -0.2) is 0 Å². The van der Waals surface area contributed by atoms with Crippen LogP contribution in [0.2, 0.25) is 0 Å². The molecule has 0 heterocycles. The lowest BCUT2D eigenvalue weighted by atomic mass is 10.7. The van der Waals surface area contributed by atoms with Crippen molar-refractivity contribution in [2.45, 2.75) is 5.37 Å². The smallest absolute Gasteiger partial charge is 0.0793 e. The fourth-order valence-corrected chi connectivity index (χ4v) is 2.88. The second-order valence-electron chi connectivity index (χ2n) is 1.84. The highest BCUT2D eigenvalue weighted by atomic mass is 35.5. The standard InChI is InChI=1S/C5H12ClNS2/c1-7(2)5(4-6)9-8-3/h5H,4H2,1-3H3. The SMILES string of the molecule is CSSC(CCl)N(C)C. The molecule has 1 atom stereocenters. The average molecular weight is 186 g/mol. The van der Waals surface area contributed by atoms with Gasteiger partial charge < -0.3 is 0 Å². The van der Waals surface area contributed by atoms with Gasteiger partial charge in [-0.3, -0.25) is 4.90 Å². The molecule has 0 aromatic heterocycles. The summed E-state index contributed by atoms with van der Waals surface area (Å²) in [6.45, 7) is 0. The highest BCUT2D eigenvalue weighted by molar-refractivity contribution is 8.76. The normalized spacial score (nSPS) is 14.3. The topological polar surface area (TPSA) is 3.24 Å². The molecule has 0 bridgehead atoms. The Morgan fingerprint density at radius 3 is 2.22 bits per heavy atom. The van der Waals surface area contributed by atoms with Crippen LogP contribution in [0.4, 0.5) is 0 Å². The molecule has 0 radical (unpaired) electrons. The van der Waals surface area contributed by atoms with Gasteiger partial charge in [-0.1, -0.05) is 21.6 Å². The summed E-state index contributed by atoms with van der Waals surface area (Å²) in [6, 6.07) is 0. The number of nitrogens with zero attached hydrogens (tertiary/aromatic N) is 1. The van der Waals surface area contributed by atoms with Crippen LogP contribution in [0.25, 0.3) is 0 Å². The zero-order valence-corrected chi connectivity index (χ0v) is 8.32. The van der Waals surface area contributed by atoms with Crippen LogP contribution in [0.5, 0.6) is 0 Å². The molecule has 0 fully saturated rings. The Morgan fingerprint density at radius 2 is 2.11 bits per heavy atom. The lowest BCUT2D eigenvalue weighted by Crippen LogP contribution is -2.25. The molecule has 0 aromatic carbocycles. The largest absolute Gasteiger partial charge is 0.296 e. The lowest BCUT2D eigenvalue weighted by Gasteiger charge is -2.19. The van der Waals surface area contributed by atoms with E-state index < -0.39 is 0 Å². The van der Waals surface area contributed by atoms with Gasteiger partial charge in [0.15, 0.2) is 0 Å². The van der Waals surface area contributed by atoms with Gasteiger partial charge >= 0.3 is 0 Å². The van der Waals surface area contributed by atoms with Crippen molar-refractivity contribution in [3.8, 4) is 0 Å². The molecular weight excluding hydrogens is 174 g/mol. The molecule has 0 spiro atoms. The summed E-state index contributed by atoms with van der Waals surface area (Å²) in [5.41, 5.74) is 0. The minimum atomic E-state index is 0.446. The fraction of sp³-hybridized carbons (Fsp3) is 1.00. The van der Waals surface area contributed by atoms with E-state index in [-0.39, 0.29) is 0 Å². The Labute approximate surface area is 69.9 Å². The van der Waals surface area contributed by atoms with Gasteiger partial charge in [0.1, 0.15) is 0 Å². The van der Waals surface area contributed by atoms with Crippen molar-refractivity contribution in [3.05, 3.63) is 0 Å². The van der Waals surface area contributed by atoms with Crippen molar-refractivity contribution in [2.75, 3.05) is 26.2 Å². The maximum atomic E-state index is 5.67. The number of rotatable bonds is 4. The summed E-state index contributed by atoms with van der Waals surface area (Å²) < 4.78 is 0. The zero-order chi connectivity index (χ0) is 7.28. The Morgan fingerprint density at radius 1 is 1.56 bits per heavy atom. The third-order valence-electron chi connectivity index (χ3n) is 0.915.